The van der Waals surface area contributed by atoms with Crippen molar-refractivity contribution in [1.82, 2.24) is 5.32 Å². The number of carbonyl (C=O) groups excluding carboxylic acids is 1. The third-order valence-electron chi connectivity index (χ3n) is 2.48. The number of aliphatic carboxylic acids is 1. The molecule has 0 atom stereocenters. The summed E-state index contributed by atoms with van der Waals surface area (Å²) in [6, 6.07) is 5.24. The fraction of sp³-hybridized carbons (Fsp3) is 0.286. The lowest BCUT2D eigenvalue weighted by atomic mass is 10.0. The molecule has 18 heavy (non-hydrogen) atoms. The first-order valence-corrected chi connectivity index (χ1v) is 5.84. The molecule has 0 unspecified atom stereocenters. The van der Waals surface area contributed by atoms with Gasteiger partial charge in [-0.3, -0.25) is 4.79 Å². The van der Waals surface area contributed by atoms with Crippen molar-refractivity contribution in [3.05, 3.63) is 41.0 Å². The van der Waals surface area contributed by atoms with Crippen LogP contribution in [0.1, 0.15) is 34.8 Å². The number of rotatable bonds is 5. The highest BCUT2D eigenvalue weighted by Gasteiger charge is 2.06. The smallest absolute Gasteiger partial charge is 0.328 e. The first-order chi connectivity index (χ1) is 8.54. The van der Waals surface area contributed by atoms with Crippen molar-refractivity contribution in [2.24, 2.45) is 0 Å². The summed E-state index contributed by atoms with van der Waals surface area (Å²) in [5, 5.41) is 11.4. The largest absolute Gasteiger partial charge is 0.478 e. The number of hydrogen-bond donors (Lipinski definition) is 2. The number of carboxylic acids is 1. The Labute approximate surface area is 106 Å². The molecule has 0 saturated heterocycles. The number of nitrogens with one attached hydrogen (secondary N) is 1. The Balaban J connectivity index is 2.93. The highest BCUT2D eigenvalue weighted by atomic mass is 16.4. The molecule has 0 heterocycles. The van der Waals surface area contributed by atoms with Crippen LogP contribution < -0.4 is 5.32 Å². The van der Waals surface area contributed by atoms with Gasteiger partial charge in [-0.05, 0) is 42.7 Å². The van der Waals surface area contributed by atoms with Crippen molar-refractivity contribution in [1.29, 1.82) is 0 Å². The summed E-state index contributed by atoms with van der Waals surface area (Å²) in [6.45, 7) is 4.48. The van der Waals surface area contributed by atoms with Gasteiger partial charge in [-0.1, -0.05) is 13.0 Å². The van der Waals surface area contributed by atoms with Crippen LogP contribution in [0.2, 0.25) is 0 Å². The minimum Gasteiger partial charge on any atom is -0.478 e. The van der Waals surface area contributed by atoms with Gasteiger partial charge in [-0.15, -0.1) is 0 Å². The van der Waals surface area contributed by atoms with Gasteiger partial charge in [0.1, 0.15) is 0 Å². The van der Waals surface area contributed by atoms with E-state index in [4.69, 9.17) is 5.11 Å². The van der Waals surface area contributed by atoms with E-state index in [1.54, 1.807) is 12.1 Å². The predicted molar refractivity (Wildman–Crippen MR) is 70.5 cm³/mol. The Morgan fingerprint density at radius 1 is 1.39 bits per heavy atom. The Kier molecular flexibility index (Phi) is 5.11. The van der Waals surface area contributed by atoms with Crippen LogP contribution in [-0.2, 0) is 4.79 Å². The van der Waals surface area contributed by atoms with E-state index in [0.717, 1.165) is 23.6 Å². The van der Waals surface area contributed by atoms with Crippen molar-refractivity contribution in [3.8, 4) is 0 Å². The van der Waals surface area contributed by atoms with E-state index in [0.29, 0.717) is 12.1 Å². The zero-order valence-electron chi connectivity index (χ0n) is 10.6. The molecule has 0 aliphatic carbocycles. The highest BCUT2D eigenvalue weighted by Crippen LogP contribution is 2.13. The average Bonchev–Trinajstić information content (AvgIpc) is 2.34. The maximum Gasteiger partial charge on any atom is 0.328 e. The van der Waals surface area contributed by atoms with Gasteiger partial charge in [-0.25, -0.2) is 4.79 Å². The van der Waals surface area contributed by atoms with Crippen LogP contribution in [0.5, 0.6) is 0 Å². The van der Waals surface area contributed by atoms with Crippen molar-refractivity contribution in [2.75, 3.05) is 6.54 Å². The number of carboxylic acid groups (broad SMARTS) is 1. The summed E-state index contributed by atoms with van der Waals surface area (Å²) in [7, 11) is 0. The second kappa shape index (κ2) is 6.59. The molecule has 1 rings (SSSR count). The van der Waals surface area contributed by atoms with E-state index < -0.39 is 5.97 Å². The van der Waals surface area contributed by atoms with Gasteiger partial charge in [-0.2, -0.15) is 0 Å². The molecule has 4 heteroatoms. The molecular weight excluding hydrogens is 230 g/mol. The SMILES string of the molecule is CCCNC(=O)c1ccc(C)c(/C=C/C(=O)O)c1. The molecule has 0 saturated carbocycles. The second-order valence-electron chi connectivity index (χ2n) is 4.00. The molecule has 0 aromatic heterocycles. The molecule has 2 N–H and O–H groups in total. The molecule has 0 bridgehead atoms. The van der Waals surface area contributed by atoms with E-state index >= 15 is 0 Å². The van der Waals surface area contributed by atoms with Gasteiger partial charge < -0.3 is 10.4 Å². The number of aryl methyl sites for hydroxylation is 1. The summed E-state index contributed by atoms with van der Waals surface area (Å²) < 4.78 is 0. The molecule has 1 aromatic rings. The third-order valence-corrected chi connectivity index (χ3v) is 2.48. The summed E-state index contributed by atoms with van der Waals surface area (Å²) >= 11 is 0. The molecule has 1 amide bonds. The van der Waals surface area contributed by atoms with Gasteiger partial charge >= 0.3 is 5.97 Å². The van der Waals surface area contributed by atoms with Gasteiger partial charge in [0, 0.05) is 18.2 Å². The third kappa shape index (κ3) is 4.05. The van der Waals surface area contributed by atoms with Gasteiger partial charge in [0.25, 0.3) is 5.91 Å². The summed E-state index contributed by atoms with van der Waals surface area (Å²) in [4.78, 5) is 22.2. The zero-order chi connectivity index (χ0) is 13.5. The topological polar surface area (TPSA) is 66.4 Å². The quantitative estimate of drug-likeness (QED) is 0.784. The lowest BCUT2D eigenvalue weighted by Crippen LogP contribution is -2.24. The Hall–Kier alpha value is -2.10. The monoisotopic (exact) mass is 247 g/mol. The first-order valence-electron chi connectivity index (χ1n) is 5.84. The summed E-state index contributed by atoms with van der Waals surface area (Å²) in [6.07, 6.45) is 3.44. The standard InChI is InChI=1S/C14H17NO3/c1-3-8-15-14(18)12-5-4-10(2)11(9-12)6-7-13(16)17/h4-7,9H,3,8H2,1-2H3,(H,15,18)(H,16,17)/b7-6+. The molecule has 0 aliphatic rings. The minimum absolute atomic E-state index is 0.137. The number of carbonyl (C=O) groups is 2. The van der Waals surface area contributed by atoms with Crippen molar-refractivity contribution in [3.63, 3.8) is 0 Å². The lowest BCUT2D eigenvalue weighted by molar-refractivity contribution is -0.131. The van der Waals surface area contributed by atoms with Crippen molar-refractivity contribution >= 4 is 18.0 Å². The Morgan fingerprint density at radius 3 is 2.72 bits per heavy atom. The molecule has 0 spiro atoms. The lowest BCUT2D eigenvalue weighted by Gasteiger charge is -2.06. The average molecular weight is 247 g/mol. The second-order valence-corrected chi connectivity index (χ2v) is 4.00. The fourth-order valence-corrected chi connectivity index (χ4v) is 1.46. The van der Waals surface area contributed by atoms with Crippen LogP contribution in [0.3, 0.4) is 0 Å². The van der Waals surface area contributed by atoms with E-state index in [1.807, 2.05) is 19.9 Å². The van der Waals surface area contributed by atoms with Crippen molar-refractivity contribution < 1.29 is 14.7 Å². The minimum atomic E-state index is -1.00. The maximum atomic E-state index is 11.8. The van der Waals surface area contributed by atoms with Gasteiger partial charge in [0.15, 0.2) is 0 Å². The summed E-state index contributed by atoms with van der Waals surface area (Å²) in [5.41, 5.74) is 2.21. The molecule has 0 radical (unpaired) electrons. The normalized spacial score (nSPS) is 10.6. The molecule has 0 aliphatic heterocycles. The van der Waals surface area contributed by atoms with Crippen LogP contribution in [0.15, 0.2) is 24.3 Å². The van der Waals surface area contributed by atoms with E-state index in [9.17, 15) is 9.59 Å². The molecular formula is C14H17NO3. The zero-order valence-corrected chi connectivity index (χ0v) is 10.6. The maximum absolute atomic E-state index is 11.8. The molecule has 4 nitrogen and oxygen atoms in total. The van der Waals surface area contributed by atoms with E-state index in [2.05, 4.69) is 5.32 Å². The van der Waals surface area contributed by atoms with Crippen LogP contribution >= 0.6 is 0 Å². The molecule has 96 valence electrons. The number of amides is 1. The van der Waals surface area contributed by atoms with E-state index in [-0.39, 0.29) is 5.91 Å². The van der Waals surface area contributed by atoms with Crippen molar-refractivity contribution in [2.45, 2.75) is 20.3 Å². The van der Waals surface area contributed by atoms with E-state index in [1.165, 1.54) is 6.08 Å². The highest BCUT2D eigenvalue weighted by molar-refractivity contribution is 5.95. The van der Waals surface area contributed by atoms with Crippen LogP contribution in [0, 0.1) is 6.92 Å². The number of benzene rings is 1. The van der Waals surface area contributed by atoms with Crippen LogP contribution in [0.25, 0.3) is 6.08 Å². The Morgan fingerprint density at radius 2 is 2.11 bits per heavy atom. The fourth-order valence-electron chi connectivity index (χ4n) is 1.46. The first kappa shape index (κ1) is 14.0. The summed E-state index contributed by atoms with van der Waals surface area (Å²) in [5.74, 6) is -1.14. The molecule has 1 aromatic carbocycles. The molecule has 0 fully saturated rings. The van der Waals surface area contributed by atoms with Gasteiger partial charge in [0.05, 0.1) is 0 Å². The number of hydrogen-bond acceptors (Lipinski definition) is 2. The van der Waals surface area contributed by atoms with Crippen LogP contribution in [0.4, 0.5) is 0 Å². The van der Waals surface area contributed by atoms with Crippen LogP contribution in [-0.4, -0.2) is 23.5 Å². The van der Waals surface area contributed by atoms with Gasteiger partial charge in [0.2, 0.25) is 0 Å². The predicted octanol–water partition coefficient (Wildman–Crippen LogP) is 2.23. The Bertz CT molecular complexity index is 478.